The van der Waals surface area contributed by atoms with Gasteiger partial charge >= 0.3 is 0 Å². The summed E-state index contributed by atoms with van der Waals surface area (Å²) >= 11 is 0. The molecule has 3 nitrogen and oxygen atoms in total. The molecule has 3 heteroatoms. The van der Waals surface area contributed by atoms with Crippen LogP contribution in [0, 0.1) is 11.3 Å². The van der Waals surface area contributed by atoms with Crippen LogP contribution in [0.2, 0.25) is 0 Å². The highest BCUT2D eigenvalue weighted by molar-refractivity contribution is 5.95. The van der Waals surface area contributed by atoms with Gasteiger partial charge in [-0.05, 0) is 36.8 Å². The van der Waals surface area contributed by atoms with Crippen molar-refractivity contribution in [3.8, 4) is 0 Å². The summed E-state index contributed by atoms with van der Waals surface area (Å²) in [5.74, 6) is 0.469. The van der Waals surface area contributed by atoms with Crippen molar-refractivity contribution in [3.63, 3.8) is 0 Å². The SMILES string of the molecule is O=C(Nc1ccncc1)C1CC12CCCC2. The van der Waals surface area contributed by atoms with E-state index in [1.165, 1.54) is 25.7 Å². The molecule has 3 rings (SSSR count). The first-order valence-electron chi connectivity index (χ1n) is 6.01. The summed E-state index contributed by atoms with van der Waals surface area (Å²) in [6.07, 6.45) is 9.62. The number of hydrogen-bond donors (Lipinski definition) is 1. The molecule has 0 radical (unpaired) electrons. The molecule has 0 aromatic carbocycles. The van der Waals surface area contributed by atoms with E-state index in [0.29, 0.717) is 5.41 Å². The van der Waals surface area contributed by atoms with Gasteiger partial charge in [-0.25, -0.2) is 0 Å². The zero-order chi connectivity index (χ0) is 11.0. The normalized spacial score (nSPS) is 25.6. The second-order valence-electron chi connectivity index (χ2n) is 5.05. The number of nitrogens with one attached hydrogen (secondary N) is 1. The number of carbonyl (C=O) groups excluding carboxylic acids is 1. The van der Waals surface area contributed by atoms with Crippen molar-refractivity contribution in [2.24, 2.45) is 11.3 Å². The Hall–Kier alpha value is -1.38. The largest absolute Gasteiger partial charge is 0.326 e. The third-order valence-corrected chi connectivity index (χ3v) is 4.05. The maximum atomic E-state index is 12.0. The highest BCUT2D eigenvalue weighted by atomic mass is 16.2. The molecule has 84 valence electrons. The van der Waals surface area contributed by atoms with Crippen molar-refractivity contribution >= 4 is 11.6 Å². The van der Waals surface area contributed by atoms with Gasteiger partial charge < -0.3 is 5.32 Å². The van der Waals surface area contributed by atoms with Gasteiger partial charge in [0.25, 0.3) is 0 Å². The summed E-state index contributed by atoms with van der Waals surface area (Å²) in [5, 5.41) is 2.98. The molecular weight excluding hydrogens is 200 g/mol. The van der Waals surface area contributed by atoms with E-state index >= 15 is 0 Å². The minimum absolute atomic E-state index is 0.202. The van der Waals surface area contributed by atoms with E-state index in [0.717, 1.165) is 12.1 Å². The topological polar surface area (TPSA) is 42.0 Å². The van der Waals surface area contributed by atoms with E-state index < -0.39 is 0 Å². The molecule has 1 atom stereocenters. The summed E-state index contributed by atoms with van der Waals surface area (Å²) in [5.41, 5.74) is 1.25. The second kappa shape index (κ2) is 3.58. The molecule has 0 saturated heterocycles. The summed E-state index contributed by atoms with van der Waals surface area (Å²) in [6, 6.07) is 3.67. The van der Waals surface area contributed by atoms with E-state index in [1.807, 2.05) is 12.1 Å². The lowest BCUT2D eigenvalue weighted by Gasteiger charge is -2.08. The fourth-order valence-corrected chi connectivity index (χ4v) is 3.01. The van der Waals surface area contributed by atoms with Crippen molar-refractivity contribution in [3.05, 3.63) is 24.5 Å². The molecule has 2 aliphatic carbocycles. The van der Waals surface area contributed by atoms with Crippen LogP contribution in [0.15, 0.2) is 24.5 Å². The maximum Gasteiger partial charge on any atom is 0.228 e. The maximum absolute atomic E-state index is 12.0. The van der Waals surface area contributed by atoms with Gasteiger partial charge in [-0.3, -0.25) is 9.78 Å². The fraction of sp³-hybridized carbons (Fsp3) is 0.538. The van der Waals surface area contributed by atoms with Crippen LogP contribution in [0.3, 0.4) is 0 Å². The van der Waals surface area contributed by atoms with Crippen LogP contribution in [0.5, 0.6) is 0 Å². The molecule has 0 bridgehead atoms. The quantitative estimate of drug-likeness (QED) is 0.825. The van der Waals surface area contributed by atoms with Crippen molar-refractivity contribution < 1.29 is 4.79 Å². The predicted molar refractivity (Wildman–Crippen MR) is 61.9 cm³/mol. The van der Waals surface area contributed by atoms with Crippen LogP contribution in [0.25, 0.3) is 0 Å². The van der Waals surface area contributed by atoms with Crippen molar-refractivity contribution in [1.29, 1.82) is 0 Å². The Bertz CT molecular complexity index is 396. The van der Waals surface area contributed by atoms with E-state index in [2.05, 4.69) is 10.3 Å². The smallest absolute Gasteiger partial charge is 0.228 e. The Morgan fingerprint density at radius 1 is 1.31 bits per heavy atom. The standard InChI is InChI=1S/C13H16N2O/c16-12(15-10-3-7-14-8-4-10)11-9-13(11)5-1-2-6-13/h3-4,7-8,11H,1-2,5-6,9H2,(H,14,15,16). The summed E-state index contributed by atoms with van der Waals surface area (Å²) in [4.78, 5) is 15.9. The first-order chi connectivity index (χ1) is 7.80. The Balaban J connectivity index is 1.63. The highest BCUT2D eigenvalue weighted by Gasteiger charge is 2.58. The predicted octanol–water partition coefficient (Wildman–Crippen LogP) is 2.60. The van der Waals surface area contributed by atoms with Crippen molar-refractivity contribution in [2.75, 3.05) is 5.32 Å². The lowest BCUT2D eigenvalue weighted by atomic mass is 10.0. The first kappa shape index (κ1) is 9.82. The molecule has 0 aliphatic heterocycles. The number of rotatable bonds is 2. The molecule has 1 aromatic heterocycles. The van der Waals surface area contributed by atoms with Crippen LogP contribution < -0.4 is 5.32 Å². The van der Waals surface area contributed by atoms with Gasteiger partial charge in [0.1, 0.15) is 0 Å². The minimum Gasteiger partial charge on any atom is -0.326 e. The van der Waals surface area contributed by atoms with Crippen LogP contribution >= 0.6 is 0 Å². The molecule has 1 aromatic rings. The molecule has 1 N–H and O–H groups in total. The number of carbonyl (C=O) groups is 1. The Kier molecular flexibility index (Phi) is 2.20. The van der Waals surface area contributed by atoms with E-state index in [4.69, 9.17) is 0 Å². The van der Waals surface area contributed by atoms with Gasteiger partial charge in [0.05, 0.1) is 0 Å². The number of anilines is 1. The lowest BCUT2D eigenvalue weighted by molar-refractivity contribution is -0.118. The summed E-state index contributed by atoms with van der Waals surface area (Å²) in [7, 11) is 0. The molecule has 1 amide bonds. The van der Waals surface area contributed by atoms with Crippen LogP contribution in [0.4, 0.5) is 5.69 Å². The molecule has 1 heterocycles. The third-order valence-electron chi connectivity index (χ3n) is 4.05. The van der Waals surface area contributed by atoms with Crippen molar-refractivity contribution in [2.45, 2.75) is 32.1 Å². The van der Waals surface area contributed by atoms with Gasteiger partial charge in [-0.15, -0.1) is 0 Å². The molecule has 2 fully saturated rings. The van der Waals surface area contributed by atoms with Gasteiger partial charge in [0.2, 0.25) is 5.91 Å². The average Bonchev–Trinajstić information content (AvgIpc) is 2.79. The number of hydrogen-bond acceptors (Lipinski definition) is 2. The second-order valence-corrected chi connectivity index (χ2v) is 5.05. The van der Waals surface area contributed by atoms with Gasteiger partial charge in [-0.2, -0.15) is 0 Å². The monoisotopic (exact) mass is 216 g/mol. The van der Waals surface area contributed by atoms with E-state index in [1.54, 1.807) is 12.4 Å². The zero-order valence-electron chi connectivity index (χ0n) is 9.28. The molecule has 1 unspecified atom stereocenters. The number of amides is 1. The molecule has 16 heavy (non-hydrogen) atoms. The number of pyridine rings is 1. The van der Waals surface area contributed by atoms with Gasteiger partial charge in [0, 0.05) is 24.0 Å². The van der Waals surface area contributed by atoms with Gasteiger partial charge in [-0.1, -0.05) is 12.8 Å². The molecule has 1 spiro atoms. The minimum atomic E-state index is 0.202. The summed E-state index contributed by atoms with van der Waals surface area (Å²) in [6.45, 7) is 0. The van der Waals surface area contributed by atoms with E-state index in [-0.39, 0.29) is 11.8 Å². The Labute approximate surface area is 95.3 Å². The van der Waals surface area contributed by atoms with Crippen LogP contribution in [-0.2, 0) is 4.79 Å². The summed E-state index contributed by atoms with van der Waals surface area (Å²) < 4.78 is 0. The first-order valence-corrected chi connectivity index (χ1v) is 6.01. The Morgan fingerprint density at radius 2 is 2.00 bits per heavy atom. The molecule has 2 saturated carbocycles. The number of nitrogens with zero attached hydrogens (tertiary/aromatic N) is 1. The fourth-order valence-electron chi connectivity index (χ4n) is 3.01. The molecule has 2 aliphatic rings. The highest BCUT2D eigenvalue weighted by Crippen LogP contribution is 2.62. The number of aromatic nitrogens is 1. The average molecular weight is 216 g/mol. The third kappa shape index (κ3) is 1.60. The Morgan fingerprint density at radius 3 is 2.69 bits per heavy atom. The van der Waals surface area contributed by atoms with E-state index in [9.17, 15) is 4.79 Å². The molecular formula is C13H16N2O. The lowest BCUT2D eigenvalue weighted by Crippen LogP contribution is -2.17. The zero-order valence-corrected chi connectivity index (χ0v) is 9.28. The van der Waals surface area contributed by atoms with Crippen LogP contribution in [0.1, 0.15) is 32.1 Å². The van der Waals surface area contributed by atoms with Gasteiger partial charge in [0.15, 0.2) is 0 Å². The van der Waals surface area contributed by atoms with Crippen LogP contribution in [-0.4, -0.2) is 10.9 Å². The van der Waals surface area contributed by atoms with Crippen molar-refractivity contribution in [1.82, 2.24) is 4.98 Å².